The van der Waals surface area contributed by atoms with E-state index >= 15 is 0 Å². The van der Waals surface area contributed by atoms with Crippen LogP contribution < -0.4 is 4.90 Å². The van der Waals surface area contributed by atoms with E-state index in [1.54, 1.807) is 0 Å². The maximum absolute atomic E-state index is 6.46. The van der Waals surface area contributed by atoms with Crippen LogP contribution in [0.4, 0.5) is 17.1 Å². The van der Waals surface area contributed by atoms with Crippen molar-refractivity contribution in [3.05, 3.63) is 194 Å². The van der Waals surface area contributed by atoms with E-state index in [4.69, 9.17) is 4.42 Å². The summed E-state index contributed by atoms with van der Waals surface area (Å²) in [7, 11) is 0. The molecule has 3 nitrogen and oxygen atoms in total. The predicted molar refractivity (Wildman–Crippen MR) is 239 cm³/mol. The average Bonchev–Trinajstić information content (AvgIpc) is 3.93. The van der Waals surface area contributed by atoms with Crippen molar-refractivity contribution < 1.29 is 4.42 Å². The summed E-state index contributed by atoms with van der Waals surface area (Å²) in [6.07, 6.45) is 0. The van der Waals surface area contributed by atoms with Crippen LogP contribution in [0.2, 0.25) is 0 Å². The van der Waals surface area contributed by atoms with Crippen molar-refractivity contribution in [2.75, 3.05) is 4.90 Å². The third-order valence-electron chi connectivity index (χ3n) is 11.4. The van der Waals surface area contributed by atoms with Gasteiger partial charge in [0.2, 0.25) is 0 Å². The van der Waals surface area contributed by atoms with E-state index in [-0.39, 0.29) is 0 Å². The van der Waals surface area contributed by atoms with Crippen molar-refractivity contribution in [1.82, 2.24) is 4.57 Å². The van der Waals surface area contributed by atoms with Crippen LogP contribution in [0.1, 0.15) is 0 Å². The lowest BCUT2D eigenvalue weighted by Crippen LogP contribution is -2.14. The molecule has 0 N–H and O–H groups in total. The number of thiophene rings is 1. The van der Waals surface area contributed by atoms with Crippen molar-refractivity contribution in [3.63, 3.8) is 0 Å². The number of fused-ring (bicyclic) bond motifs is 10. The lowest BCUT2D eigenvalue weighted by Gasteiger charge is -2.30. The molecule has 0 amide bonds. The first-order valence-electron chi connectivity index (χ1n) is 19.0. The molecule has 0 aliphatic heterocycles. The van der Waals surface area contributed by atoms with E-state index in [0.29, 0.717) is 0 Å². The largest absolute Gasteiger partial charge is 0.456 e. The van der Waals surface area contributed by atoms with Crippen LogP contribution in [0.5, 0.6) is 0 Å². The lowest BCUT2D eigenvalue weighted by atomic mass is 9.98. The van der Waals surface area contributed by atoms with Crippen LogP contribution in [0, 0.1) is 0 Å². The molecule has 0 fully saturated rings. The maximum atomic E-state index is 6.46. The Morgan fingerprint density at radius 1 is 0.411 bits per heavy atom. The van der Waals surface area contributed by atoms with Crippen LogP contribution in [0.3, 0.4) is 0 Å². The highest BCUT2D eigenvalue weighted by atomic mass is 32.1. The Kier molecular flexibility index (Phi) is 6.80. The highest BCUT2D eigenvalue weighted by Crippen LogP contribution is 2.49. The molecule has 3 heterocycles. The highest BCUT2D eigenvalue weighted by molar-refractivity contribution is 7.26. The highest BCUT2D eigenvalue weighted by Gasteiger charge is 2.25. The summed E-state index contributed by atoms with van der Waals surface area (Å²) in [6.45, 7) is 0. The molecule has 0 atom stereocenters. The molecule has 0 saturated heterocycles. The summed E-state index contributed by atoms with van der Waals surface area (Å²) in [5.74, 6) is 0. The summed E-state index contributed by atoms with van der Waals surface area (Å²) in [5, 5.41) is 9.65. The second-order valence-electron chi connectivity index (χ2n) is 14.5. The zero-order valence-electron chi connectivity index (χ0n) is 30.2. The minimum atomic E-state index is 0.889. The standard InChI is InChI=1S/C52H32N2OS/c1-2-15-34-32-50-42(30-33(34)14-1)41-31-35(28-29-49(41)55-50)36-16-3-7-21-43(36)54(48-26-13-20-40-39-19-6-12-27-51(39)56-52(40)48)47-25-11-10-24-46(47)53-44-22-8-4-17-37(44)38-18-5-9-23-45(38)53/h1-32H. The van der Waals surface area contributed by atoms with Crippen LogP contribution in [0.15, 0.2) is 199 Å². The first-order chi connectivity index (χ1) is 27.8. The number of rotatable bonds is 5. The molecular weight excluding hydrogens is 701 g/mol. The number of anilines is 3. The van der Waals surface area contributed by atoms with Crippen molar-refractivity contribution in [2.24, 2.45) is 0 Å². The summed E-state index contributed by atoms with van der Waals surface area (Å²) in [5.41, 5.74) is 10.9. The smallest absolute Gasteiger partial charge is 0.136 e. The fourth-order valence-electron chi connectivity index (χ4n) is 8.86. The van der Waals surface area contributed by atoms with Gasteiger partial charge in [-0.1, -0.05) is 127 Å². The van der Waals surface area contributed by atoms with Gasteiger partial charge >= 0.3 is 0 Å². The molecule has 3 aromatic heterocycles. The van der Waals surface area contributed by atoms with Crippen LogP contribution in [-0.4, -0.2) is 4.57 Å². The predicted octanol–water partition coefficient (Wildman–Crippen LogP) is 15.3. The molecule has 262 valence electrons. The quantitative estimate of drug-likeness (QED) is 0.176. The number of nitrogens with zero attached hydrogens (tertiary/aromatic N) is 2. The fourth-order valence-corrected chi connectivity index (χ4v) is 10.1. The van der Waals surface area contributed by atoms with E-state index in [2.05, 4.69) is 204 Å². The molecule has 12 aromatic rings. The first kappa shape index (κ1) is 31.2. The lowest BCUT2D eigenvalue weighted by molar-refractivity contribution is 0.669. The number of benzene rings is 9. The Morgan fingerprint density at radius 2 is 1.02 bits per heavy atom. The summed E-state index contributed by atoms with van der Waals surface area (Å²) in [4.78, 5) is 2.50. The third-order valence-corrected chi connectivity index (χ3v) is 12.6. The number of aromatic nitrogens is 1. The van der Waals surface area contributed by atoms with E-state index in [1.165, 1.54) is 52.8 Å². The number of hydrogen-bond donors (Lipinski definition) is 0. The summed E-state index contributed by atoms with van der Waals surface area (Å²) in [6, 6.07) is 70.4. The van der Waals surface area contributed by atoms with Crippen LogP contribution >= 0.6 is 11.3 Å². The third kappa shape index (κ3) is 4.63. The molecule has 4 heteroatoms. The fraction of sp³-hybridized carbons (Fsp3) is 0. The summed E-state index contributed by atoms with van der Waals surface area (Å²) < 4.78 is 11.4. The van der Waals surface area contributed by atoms with Gasteiger partial charge in [-0.15, -0.1) is 11.3 Å². The second kappa shape index (κ2) is 12.2. The molecule has 0 aliphatic carbocycles. The summed E-state index contributed by atoms with van der Waals surface area (Å²) >= 11 is 1.86. The molecule has 0 saturated carbocycles. The SMILES string of the molecule is c1ccc(N(c2ccccc2-n2c3ccccc3c3ccccc32)c2cccc3c2sc2ccccc23)c(-c2ccc3oc4cc5ccccc5cc4c3c2)c1. The Labute approximate surface area is 326 Å². The zero-order valence-corrected chi connectivity index (χ0v) is 31.0. The van der Waals surface area contributed by atoms with Gasteiger partial charge in [0.15, 0.2) is 0 Å². The van der Waals surface area contributed by atoms with Gasteiger partial charge in [-0.3, -0.25) is 0 Å². The van der Waals surface area contributed by atoms with E-state index in [9.17, 15) is 0 Å². The number of furan rings is 1. The molecule has 0 radical (unpaired) electrons. The molecule has 0 bridgehead atoms. The van der Waals surface area contributed by atoms with Gasteiger partial charge in [-0.05, 0) is 83.1 Å². The van der Waals surface area contributed by atoms with Crippen molar-refractivity contribution in [3.8, 4) is 16.8 Å². The van der Waals surface area contributed by atoms with Gasteiger partial charge in [0.25, 0.3) is 0 Å². The average molecular weight is 733 g/mol. The van der Waals surface area contributed by atoms with E-state index in [1.807, 2.05) is 11.3 Å². The Bertz CT molecular complexity index is 3460. The van der Waals surface area contributed by atoms with E-state index < -0.39 is 0 Å². The maximum Gasteiger partial charge on any atom is 0.136 e. The Morgan fingerprint density at radius 3 is 1.84 bits per heavy atom. The topological polar surface area (TPSA) is 21.3 Å². The van der Waals surface area contributed by atoms with Gasteiger partial charge in [-0.2, -0.15) is 0 Å². The van der Waals surface area contributed by atoms with Gasteiger partial charge in [0.1, 0.15) is 11.2 Å². The van der Waals surface area contributed by atoms with Crippen molar-refractivity contribution >= 4 is 103 Å². The van der Waals surface area contributed by atoms with Gasteiger partial charge in [-0.25, -0.2) is 0 Å². The molecule has 0 spiro atoms. The zero-order chi connectivity index (χ0) is 36.7. The van der Waals surface area contributed by atoms with Crippen molar-refractivity contribution in [1.29, 1.82) is 0 Å². The van der Waals surface area contributed by atoms with Gasteiger partial charge in [0.05, 0.1) is 38.5 Å². The number of hydrogen-bond acceptors (Lipinski definition) is 3. The molecule has 56 heavy (non-hydrogen) atoms. The molecule has 0 aliphatic rings. The molecular formula is C52H32N2OS. The van der Waals surface area contributed by atoms with Gasteiger partial charge < -0.3 is 13.9 Å². The van der Waals surface area contributed by atoms with E-state index in [0.717, 1.165) is 55.8 Å². The van der Waals surface area contributed by atoms with Crippen molar-refractivity contribution in [2.45, 2.75) is 0 Å². The molecule has 9 aromatic carbocycles. The minimum Gasteiger partial charge on any atom is -0.456 e. The second-order valence-corrected chi connectivity index (χ2v) is 15.5. The number of para-hydroxylation sites is 5. The Hall–Kier alpha value is -7.14. The normalized spacial score (nSPS) is 11.9. The Balaban J connectivity index is 1.15. The van der Waals surface area contributed by atoms with Crippen LogP contribution in [0.25, 0.3) is 91.5 Å². The minimum absolute atomic E-state index is 0.889. The van der Waals surface area contributed by atoms with Gasteiger partial charge in [0, 0.05) is 42.6 Å². The first-order valence-corrected chi connectivity index (χ1v) is 19.8. The molecule has 0 unspecified atom stereocenters. The molecule has 12 rings (SSSR count). The van der Waals surface area contributed by atoms with Crippen LogP contribution in [-0.2, 0) is 0 Å². The monoisotopic (exact) mass is 732 g/mol.